The predicted molar refractivity (Wildman–Crippen MR) is 92.6 cm³/mol. The molecule has 0 aromatic heterocycles. The third-order valence-corrected chi connectivity index (χ3v) is 4.38. The summed E-state index contributed by atoms with van der Waals surface area (Å²) in [5, 5.41) is 0. The van der Waals surface area contributed by atoms with Gasteiger partial charge in [-0.05, 0) is 55.7 Å². The van der Waals surface area contributed by atoms with E-state index in [0.717, 1.165) is 11.1 Å². The fraction of sp³-hybridized carbons (Fsp3) is 0.250. The molecule has 2 aromatic carbocycles. The Morgan fingerprint density at radius 3 is 2.20 bits per heavy atom. The van der Waals surface area contributed by atoms with E-state index in [1.54, 1.807) is 36.4 Å². The molecule has 1 heterocycles. The molecular weight excluding hydrogens is 318 g/mol. The van der Waals surface area contributed by atoms with Crippen LogP contribution in [0.3, 0.4) is 0 Å². The van der Waals surface area contributed by atoms with Crippen LogP contribution in [0.4, 0.5) is 0 Å². The van der Waals surface area contributed by atoms with Gasteiger partial charge in [0.05, 0.1) is 23.3 Å². The molecule has 0 atom stereocenters. The summed E-state index contributed by atoms with van der Waals surface area (Å²) in [7, 11) is 0. The van der Waals surface area contributed by atoms with E-state index in [0.29, 0.717) is 23.1 Å². The average Bonchev–Trinajstić information content (AvgIpc) is 2.85. The Morgan fingerprint density at radius 2 is 1.60 bits per heavy atom. The minimum Gasteiger partial charge on any atom is -0.462 e. The first-order valence-corrected chi connectivity index (χ1v) is 8.18. The topological polar surface area (TPSA) is 63.7 Å². The lowest BCUT2D eigenvalue weighted by Crippen LogP contribution is -2.31. The summed E-state index contributed by atoms with van der Waals surface area (Å²) < 4.78 is 5.24. The number of fused-ring (bicyclic) bond motifs is 1. The van der Waals surface area contributed by atoms with Crippen molar-refractivity contribution in [3.05, 3.63) is 70.3 Å². The third kappa shape index (κ3) is 3.31. The van der Waals surface area contributed by atoms with Crippen molar-refractivity contribution in [3.8, 4) is 0 Å². The first kappa shape index (κ1) is 16.9. The van der Waals surface area contributed by atoms with Crippen molar-refractivity contribution in [2.75, 3.05) is 13.2 Å². The van der Waals surface area contributed by atoms with Crippen molar-refractivity contribution in [1.29, 1.82) is 0 Å². The molecule has 5 heteroatoms. The number of ether oxygens (including phenoxy) is 1. The highest BCUT2D eigenvalue weighted by Crippen LogP contribution is 2.22. The maximum atomic E-state index is 12.2. The van der Waals surface area contributed by atoms with Crippen molar-refractivity contribution < 1.29 is 19.1 Å². The number of imide groups is 1. The van der Waals surface area contributed by atoms with Gasteiger partial charge in [0.25, 0.3) is 11.8 Å². The molecule has 3 rings (SSSR count). The SMILES string of the molecule is Cc1ccc(C(=O)OCCCN2C(=O)c3ccccc3C2=O)cc1C. The molecule has 0 spiro atoms. The second-order valence-corrected chi connectivity index (χ2v) is 6.10. The molecule has 1 aliphatic heterocycles. The standard InChI is InChI=1S/C20H19NO4/c1-13-8-9-15(12-14(13)2)20(24)25-11-5-10-21-18(22)16-6-3-4-7-17(16)19(21)23/h3-4,6-9,12H,5,10-11H2,1-2H3. The molecule has 0 N–H and O–H groups in total. The minimum absolute atomic E-state index is 0.152. The van der Waals surface area contributed by atoms with Gasteiger partial charge in [0.15, 0.2) is 0 Å². The molecule has 2 aromatic rings. The van der Waals surface area contributed by atoms with Crippen LogP contribution >= 0.6 is 0 Å². The monoisotopic (exact) mass is 337 g/mol. The van der Waals surface area contributed by atoms with Crippen LogP contribution in [0.2, 0.25) is 0 Å². The molecule has 0 radical (unpaired) electrons. The second-order valence-electron chi connectivity index (χ2n) is 6.10. The fourth-order valence-corrected chi connectivity index (χ4v) is 2.78. The van der Waals surface area contributed by atoms with E-state index in [9.17, 15) is 14.4 Å². The number of hydrogen-bond donors (Lipinski definition) is 0. The van der Waals surface area contributed by atoms with Crippen LogP contribution in [0.5, 0.6) is 0 Å². The van der Waals surface area contributed by atoms with Gasteiger partial charge in [0, 0.05) is 6.54 Å². The Hall–Kier alpha value is -2.95. The lowest BCUT2D eigenvalue weighted by atomic mass is 10.1. The first-order valence-electron chi connectivity index (χ1n) is 8.18. The zero-order valence-electron chi connectivity index (χ0n) is 14.2. The number of amides is 2. The summed E-state index contributed by atoms with van der Waals surface area (Å²) in [6, 6.07) is 12.2. The van der Waals surface area contributed by atoms with Gasteiger partial charge in [-0.15, -0.1) is 0 Å². The molecule has 0 saturated heterocycles. The van der Waals surface area contributed by atoms with Gasteiger partial charge in [-0.2, -0.15) is 0 Å². The smallest absolute Gasteiger partial charge is 0.338 e. The van der Waals surface area contributed by atoms with Crippen LogP contribution in [0.15, 0.2) is 42.5 Å². The molecule has 2 amide bonds. The van der Waals surface area contributed by atoms with Gasteiger partial charge in [-0.25, -0.2) is 4.79 Å². The molecule has 128 valence electrons. The number of esters is 1. The van der Waals surface area contributed by atoms with Crippen molar-refractivity contribution in [2.45, 2.75) is 20.3 Å². The number of rotatable bonds is 5. The van der Waals surface area contributed by atoms with E-state index in [2.05, 4.69) is 0 Å². The Kier molecular flexibility index (Phi) is 4.65. The maximum absolute atomic E-state index is 12.2. The number of carbonyl (C=O) groups is 3. The van der Waals surface area contributed by atoms with Crippen LogP contribution < -0.4 is 0 Å². The van der Waals surface area contributed by atoms with Gasteiger partial charge >= 0.3 is 5.97 Å². The zero-order valence-corrected chi connectivity index (χ0v) is 14.2. The molecule has 0 fully saturated rings. The van der Waals surface area contributed by atoms with Gasteiger partial charge < -0.3 is 4.74 Å². The van der Waals surface area contributed by atoms with Crippen molar-refractivity contribution in [2.24, 2.45) is 0 Å². The maximum Gasteiger partial charge on any atom is 0.338 e. The Balaban J connectivity index is 1.52. The third-order valence-electron chi connectivity index (χ3n) is 4.38. The van der Waals surface area contributed by atoms with Crippen LogP contribution in [0.25, 0.3) is 0 Å². The second kappa shape index (κ2) is 6.89. The average molecular weight is 337 g/mol. The van der Waals surface area contributed by atoms with Crippen LogP contribution in [0.1, 0.15) is 48.6 Å². The van der Waals surface area contributed by atoms with E-state index in [1.165, 1.54) is 4.90 Å². The number of nitrogens with zero attached hydrogens (tertiary/aromatic N) is 1. The molecule has 0 bridgehead atoms. The summed E-state index contributed by atoms with van der Waals surface area (Å²) in [6.07, 6.45) is 0.405. The Morgan fingerprint density at radius 1 is 0.960 bits per heavy atom. The highest BCUT2D eigenvalue weighted by Gasteiger charge is 2.34. The van der Waals surface area contributed by atoms with Crippen LogP contribution in [0, 0.1) is 13.8 Å². The molecular formula is C20H19NO4. The lowest BCUT2D eigenvalue weighted by molar-refractivity contribution is 0.0482. The van der Waals surface area contributed by atoms with E-state index in [-0.39, 0.29) is 25.0 Å². The van der Waals surface area contributed by atoms with E-state index < -0.39 is 5.97 Å². The summed E-state index contributed by atoms with van der Waals surface area (Å²) in [5.41, 5.74) is 3.51. The quantitative estimate of drug-likeness (QED) is 0.478. The summed E-state index contributed by atoms with van der Waals surface area (Å²) >= 11 is 0. The lowest BCUT2D eigenvalue weighted by Gasteiger charge is -2.13. The molecule has 5 nitrogen and oxygen atoms in total. The minimum atomic E-state index is -0.398. The predicted octanol–water partition coefficient (Wildman–Crippen LogP) is 3.15. The van der Waals surface area contributed by atoms with Crippen molar-refractivity contribution >= 4 is 17.8 Å². The van der Waals surface area contributed by atoms with Gasteiger partial charge in [0.2, 0.25) is 0 Å². The van der Waals surface area contributed by atoms with Gasteiger partial charge in [0.1, 0.15) is 0 Å². The molecule has 0 saturated carbocycles. The summed E-state index contributed by atoms with van der Waals surface area (Å²) in [4.78, 5) is 37.7. The van der Waals surface area contributed by atoms with Crippen LogP contribution in [-0.2, 0) is 4.74 Å². The largest absolute Gasteiger partial charge is 0.462 e. The highest BCUT2D eigenvalue weighted by atomic mass is 16.5. The summed E-state index contributed by atoms with van der Waals surface area (Å²) in [5.74, 6) is -0.979. The van der Waals surface area contributed by atoms with E-state index in [1.807, 2.05) is 19.9 Å². The number of benzene rings is 2. The normalized spacial score (nSPS) is 13.1. The molecule has 25 heavy (non-hydrogen) atoms. The van der Waals surface area contributed by atoms with Gasteiger partial charge in [-0.3, -0.25) is 14.5 Å². The van der Waals surface area contributed by atoms with E-state index in [4.69, 9.17) is 4.74 Å². The zero-order chi connectivity index (χ0) is 18.0. The first-order chi connectivity index (χ1) is 12.0. The number of carbonyl (C=O) groups excluding carboxylic acids is 3. The Labute approximate surface area is 146 Å². The molecule has 1 aliphatic rings. The fourth-order valence-electron chi connectivity index (χ4n) is 2.78. The summed E-state index contributed by atoms with van der Waals surface area (Å²) in [6.45, 7) is 4.30. The van der Waals surface area contributed by atoms with Crippen molar-refractivity contribution in [1.82, 2.24) is 4.90 Å². The molecule has 0 aliphatic carbocycles. The number of aryl methyl sites for hydroxylation is 2. The van der Waals surface area contributed by atoms with Crippen LogP contribution in [-0.4, -0.2) is 35.8 Å². The highest BCUT2D eigenvalue weighted by molar-refractivity contribution is 6.21. The van der Waals surface area contributed by atoms with Crippen molar-refractivity contribution in [3.63, 3.8) is 0 Å². The van der Waals surface area contributed by atoms with Gasteiger partial charge in [-0.1, -0.05) is 18.2 Å². The van der Waals surface area contributed by atoms with E-state index >= 15 is 0 Å². The number of hydrogen-bond acceptors (Lipinski definition) is 4. The Bertz CT molecular complexity index is 822. The molecule has 0 unspecified atom stereocenters.